The van der Waals surface area contributed by atoms with Crippen molar-refractivity contribution >= 4 is 17.0 Å². The van der Waals surface area contributed by atoms with Crippen molar-refractivity contribution in [3.63, 3.8) is 0 Å². The number of halogens is 1. The summed E-state index contributed by atoms with van der Waals surface area (Å²) in [5.41, 5.74) is 4.27. The van der Waals surface area contributed by atoms with Crippen molar-refractivity contribution in [3.8, 4) is 22.5 Å². The number of hydrogen-bond acceptors (Lipinski definition) is 5. The van der Waals surface area contributed by atoms with Crippen LogP contribution < -0.4 is 5.32 Å². The van der Waals surface area contributed by atoms with E-state index in [1.54, 1.807) is 24.5 Å². The summed E-state index contributed by atoms with van der Waals surface area (Å²) in [6.45, 7) is 4.11. The van der Waals surface area contributed by atoms with E-state index in [9.17, 15) is 4.39 Å². The second kappa shape index (κ2) is 7.07. The molecule has 5 nitrogen and oxygen atoms in total. The highest BCUT2D eigenvalue weighted by atomic mass is 19.1. The largest absolute Gasteiger partial charge is 0.368 e. The highest BCUT2D eigenvalue weighted by Gasteiger charge is 2.14. The van der Waals surface area contributed by atoms with Gasteiger partial charge in [-0.25, -0.2) is 24.3 Å². The molecule has 0 saturated carbocycles. The second-order valence-corrected chi connectivity index (χ2v) is 6.50. The van der Waals surface area contributed by atoms with E-state index in [4.69, 9.17) is 9.97 Å². The fourth-order valence-electron chi connectivity index (χ4n) is 2.86. The van der Waals surface area contributed by atoms with Crippen LogP contribution in [0, 0.1) is 5.82 Å². The zero-order valence-corrected chi connectivity index (χ0v) is 15.0. The third-order valence-electron chi connectivity index (χ3n) is 4.03. The first-order valence-corrected chi connectivity index (χ1v) is 8.72. The molecular formula is C21H18FN5. The van der Waals surface area contributed by atoms with Gasteiger partial charge in [0.15, 0.2) is 5.65 Å². The van der Waals surface area contributed by atoms with Crippen molar-refractivity contribution in [3.05, 3.63) is 66.7 Å². The summed E-state index contributed by atoms with van der Waals surface area (Å²) >= 11 is 0. The Morgan fingerprint density at radius 3 is 2.41 bits per heavy atom. The average molecular weight is 359 g/mol. The molecule has 134 valence electrons. The SMILES string of the molecule is CC(C)Nc1cc(-c2nc3cccnc3nc2-c2ccc(F)cc2)ccn1. The molecule has 0 atom stereocenters. The number of fused-ring (bicyclic) bond motifs is 1. The molecule has 3 heterocycles. The first-order valence-electron chi connectivity index (χ1n) is 8.72. The van der Waals surface area contributed by atoms with E-state index in [0.717, 1.165) is 16.9 Å². The van der Waals surface area contributed by atoms with Crippen LogP contribution in [0.1, 0.15) is 13.8 Å². The van der Waals surface area contributed by atoms with E-state index in [-0.39, 0.29) is 11.9 Å². The predicted octanol–water partition coefficient (Wildman–Crippen LogP) is 4.71. The van der Waals surface area contributed by atoms with Crippen LogP contribution in [0.3, 0.4) is 0 Å². The topological polar surface area (TPSA) is 63.6 Å². The molecule has 1 N–H and O–H groups in total. The molecule has 0 amide bonds. The fraction of sp³-hybridized carbons (Fsp3) is 0.143. The first-order chi connectivity index (χ1) is 13.1. The van der Waals surface area contributed by atoms with E-state index >= 15 is 0 Å². The van der Waals surface area contributed by atoms with Crippen molar-refractivity contribution in [2.45, 2.75) is 19.9 Å². The first kappa shape index (κ1) is 17.0. The molecule has 3 aromatic heterocycles. The molecule has 0 spiro atoms. The Morgan fingerprint density at radius 2 is 1.63 bits per heavy atom. The van der Waals surface area contributed by atoms with Crippen molar-refractivity contribution in [1.82, 2.24) is 19.9 Å². The van der Waals surface area contributed by atoms with E-state index in [2.05, 4.69) is 29.1 Å². The second-order valence-electron chi connectivity index (χ2n) is 6.50. The van der Waals surface area contributed by atoms with E-state index in [1.807, 2.05) is 24.3 Å². The van der Waals surface area contributed by atoms with Gasteiger partial charge in [0.05, 0.1) is 11.4 Å². The normalized spacial score (nSPS) is 11.1. The maximum absolute atomic E-state index is 13.4. The molecule has 4 rings (SSSR count). The average Bonchev–Trinajstić information content (AvgIpc) is 2.67. The van der Waals surface area contributed by atoms with Crippen molar-refractivity contribution < 1.29 is 4.39 Å². The molecule has 0 unspecified atom stereocenters. The molecule has 1 aromatic carbocycles. The number of nitrogens with zero attached hydrogens (tertiary/aromatic N) is 4. The molecule has 0 aliphatic carbocycles. The summed E-state index contributed by atoms with van der Waals surface area (Å²) in [6, 6.07) is 14.0. The molecule has 0 aliphatic rings. The van der Waals surface area contributed by atoms with Crippen LogP contribution in [0.5, 0.6) is 0 Å². The minimum Gasteiger partial charge on any atom is -0.368 e. The minimum atomic E-state index is -0.292. The zero-order chi connectivity index (χ0) is 18.8. The molecule has 4 aromatic rings. The maximum Gasteiger partial charge on any atom is 0.178 e. The van der Waals surface area contributed by atoms with Gasteiger partial charge >= 0.3 is 0 Å². The Labute approximate surface area is 156 Å². The Bertz CT molecular complexity index is 1090. The van der Waals surface area contributed by atoms with Crippen LogP contribution in [-0.2, 0) is 0 Å². The third kappa shape index (κ3) is 3.60. The summed E-state index contributed by atoms with van der Waals surface area (Å²) in [4.78, 5) is 18.2. The molecule has 27 heavy (non-hydrogen) atoms. The number of pyridine rings is 2. The van der Waals surface area contributed by atoms with Gasteiger partial charge in [-0.2, -0.15) is 0 Å². The Kier molecular flexibility index (Phi) is 4.46. The van der Waals surface area contributed by atoms with Gasteiger partial charge in [-0.05, 0) is 62.4 Å². The van der Waals surface area contributed by atoms with Crippen LogP contribution in [0.15, 0.2) is 60.9 Å². The highest BCUT2D eigenvalue weighted by molar-refractivity contribution is 5.85. The Hall–Kier alpha value is -3.41. The number of anilines is 1. The van der Waals surface area contributed by atoms with Crippen LogP contribution in [0.4, 0.5) is 10.2 Å². The highest BCUT2D eigenvalue weighted by Crippen LogP contribution is 2.31. The molecule has 6 heteroatoms. The number of hydrogen-bond donors (Lipinski definition) is 1. The molecule has 0 aliphatic heterocycles. The smallest absolute Gasteiger partial charge is 0.178 e. The van der Waals surface area contributed by atoms with Gasteiger partial charge < -0.3 is 5.32 Å². The molecule has 0 bridgehead atoms. The monoisotopic (exact) mass is 359 g/mol. The number of nitrogens with one attached hydrogen (secondary N) is 1. The summed E-state index contributed by atoms with van der Waals surface area (Å²) in [6.07, 6.45) is 3.42. The van der Waals surface area contributed by atoms with Crippen molar-refractivity contribution in [1.29, 1.82) is 0 Å². The summed E-state index contributed by atoms with van der Waals surface area (Å²) in [5.74, 6) is 0.472. The van der Waals surface area contributed by atoms with E-state index in [1.165, 1.54) is 12.1 Å². The minimum absolute atomic E-state index is 0.260. The van der Waals surface area contributed by atoms with Gasteiger partial charge in [-0.1, -0.05) is 0 Å². The Balaban J connectivity index is 1.93. The van der Waals surface area contributed by atoms with Gasteiger partial charge in [-0.3, -0.25) is 0 Å². The zero-order valence-electron chi connectivity index (χ0n) is 15.0. The number of aromatic nitrogens is 4. The molecular weight excluding hydrogens is 341 g/mol. The van der Waals surface area contributed by atoms with Crippen molar-refractivity contribution in [2.24, 2.45) is 0 Å². The lowest BCUT2D eigenvalue weighted by Gasteiger charge is -2.13. The predicted molar refractivity (Wildman–Crippen MR) is 105 cm³/mol. The van der Waals surface area contributed by atoms with Crippen molar-refractivity contribution in [2.75, 3.05) is 5.32 Å². The molecule has 0 fully saturated rings. The summed E-state index contributed by atoms with van der Waals surface area (Å²) in [7, 11) is 0. The lowest BCUT2D eigenvalue weighted by molar-refractivity contribution is 0.628. The Morgan fingerprint density at radius 1 is 0.852 bits per heavy atom. The third-order valence-corrected chi connectivity index (χ3v) is 4.03. The standard InChI is InChI=1S/C21H18FN5/c1-13(2)25-18-12-15(9-11-23-18)20-19(14-5-7-16(22)8-6-14)27-21-17(26-20)4-3-10-24-21/h3-13H,1-2H3,(H,23,25). The number of rotatable bonds is 4. The lowest BCUT2D eigenvalue weighted by atomic mass is 10.0. The summed E-state index contributed by atoms with van der Waals surface area (Å²) in [5, 5.41) is 3.30. The van der Waals surface area contributed by atoms with Crippen LogP contribution in [0.25, 0.3) is 33.7 Å². The molecule has 0 saturated heterocycles. The van der Waals surface area contributed by atoms with E-state index < -0.39 is 0 Å². The van der Waals surface area contributed by atoms with Crippen LogP contribution in [-0.4, -0.2) is 26.0 Å². The lowest BCUT2D eigenvalue weighted by Crippen LogP contribution is -2.10. The van der Waals surface area contributed by atoms with Gasteiger partial charge in [0.25, 0.3) is 0 Å². The fourth-order valence-corrected chi connectivity index (χ4v) is 2.86. The van der Waals surface area contributed by atoms with Crippen LogP contribution >= 0.6 is 0 Å². The van der Waals surface area contributed by atoms with Crippen LogP contribution in [0.2, 0.25) is 0 Å². The van der Waals surface area contributed by atoms with Gasteiger partial charge in [0.1, 0.15) is 17.2 Å². The summed E-state index contributed by atoms with van der Waals surface area (Å²) < 4.78 is 13.4. The maximum atomic E-state index is 13.4. The van der Waals surface area contributed by atoms with Gasteiger partial charge in [0.2, 0.25) is 0 Å². The molecule has 0 radical (unpaired) electrons. The number of benzene rings is 1. The van der Waals surface area contributed by atoms with Gasteiger partial charge in [0, 0.05) is 29.6 Å². The van der Waals surface area contributed by atoms with E-state index in [0.29, 0.717) is 22.6 Å². The van der Waals surface area contributed by atoms with Gasteiger partial charge in [-0.15, -0.1) is 0 Å². The quantitative estimate of drug-likeness (QED) is 0.571.